The second kappa shape index (κ2) is 8.35. The number of thiophene rings is 1. The highest BCUT2D eigenvalue weighted by Crippen LogP contribution is 2.36. The van der Waals surface area contributed by atoms with Crippen molar-refractivity contribution >= 4 is 43.4 Å². The molecule has 0 saturated heterocycles. The van der Waals surface area contributed by atoms with Gasteiger partial charge >= 0.3 is 0 Å². The Morgan fingerprint density at radius 2 is 2.00 bits per heavy atom. The number of benzene rings is 1. The molecule has 0 aliphatic carbocycles. The third kappa shape index (κ3) is 4.30. The van der Waals surface area contributed by atoms with E-state index in [1.54, 1.807) is 11.3 Å². The second-order valence-corrected chi connectivity index (χ2v) is 8.82. The number of halogens is 1. The van der Waals surface area contributed by atoms with Gasteiger partial charge in [0.1, 0.15) is 11.4 Å². The molecule has 0 saturated carbocycles. The van der Waals surface area contributed by atoms with E-state index in [0.29, 0.717) is 22.7 Å². The Morgan fingerprint density at radius 3 is 2.63 bits per heavy atom. The van der Waals surface area contributed by atoms with Crippen molar-refractivity contribution < 1.29 is 4.79 Å². The molecule has 0 fully saturated rings. The number of amides is 1. The summed E-state index contributed by atoms with van der Waals surface area (Å²) in [5.41, 5.74) is 1.75. The van der Waals surface area contributed by atoms with Crippen molar-refractivity contribution in [2.24, 2.45) is 5.92 Å². The van der Waals surface area contributed by atoms with E-state index in [1.807, 2.05) is 38.1 Å². The molecule has 5 nitrogen and oxygen atoms in total. The van der Waals surface area contributed by atoms with Crippen LogP contribution in [0.2, 0.25) is 0 Å². The predicted octanol–water partition coefficient (Wildman–Crippen LogP) is 4.22. The number of nitrogens with one attached hydrogen (secondary N) is 1. The van der Waals surface area contributed by atoms with Crippen molar-refractivity contribution in [2.75, 3.05) is 6.54 Å². The molecule has 7 heteroatoms. The van der Waals surface area contributed by atoms with Crippen LogP contribution < -0.4 is 10.9 Å². The van der Waals surface area contributed by atoms with Gasteiger partial charge in [-0.2, -0.15) is 0 Å². The minimum absolute atomic E-state index is 0.0222. The SMILES string of the molecule is CCc1sc2ncn(CC(=O)NCC(C)C)c(=O)c2c1-c1ccc(Br)cc1. The monoisotopic (exact) mass is 447 g/mol. The number of aryl methyl sites for hydroxylation is 1. The molecular formula is C20H22BrN3O2S. The highest BCUT2D eigenvalue weighted by atomic mass is 79.9. The molecular weight excluding hydrogens is 426 g/mol. The van der Waals surface area contributed by atoms with Gasteiger partial charge in [-0.05, 0) is 30.0 Å². The lowest BCUT2D eigenvalue weighted by molar-refractivity contribution is -0.121. The van der Waals surface area contributed by atoms with Gasteiger partial charge in [0.2, 0.25) is 5.91 Å². The van der Waals surface area contributed by atoms with Crippen LogP contribution in [0.3, 0.4) is 0 Å². The zero-order valence-corrected chi connectivity index (χ0v) is 18.0. The van der Waals surface area contributed by atoms with E-state index in [-0.39, 0.29) is 18.0 Å². The summed E-state index contributed by atoms with van der Waals surface area (Å²) in [6, 6.07) is 7.92. The molecule has 1 N–H and O–H groups in total. The van der Waals surface area contributed by atoms with E-state index in [1.165, 1.54) is 10.9 Å². The van der Waals surface area contributed by atoms with E-state index in [0.717, 1.165) is 26.9 Å². The molecule has 0 aliphatic rings. The Morgan fingerprint density at radius 1 is 1.30 bits per heavy atom. The first-order valence-electron chi connectivity index (χ1n) is 8.94. The number of fused-ring (bicyclic) bond motifs is 1. The van der Waals surface area contributed by atoms with Crippen LogP contribution >= 0.6 is 27.3 Å². The zero-order chi connectivity index (χ0) is 19.6. The summed E-state index contributed by atoms with van der Waals surface area (Å²) in [4.78, 5) is 31.6. The number of rotatable bonds is 6. The van der Waals surface area contributed by atoms with Crippen LogP contribution in [0.4, 0.5) is 0 Å². The maximum absolute atomic E-state index is 13.1. The summed E-state index contributed by atoms with van der Waals surface area (Å²) in [6.07, 6.45) is 2.29. The van der Waals surface area contributed by atoms with Crippen molar-refractivity contribution in [1.82, 2.24) is 14.9 Å². The van der Waals surface area contributed by atoms with Crippen molar-refractivity contribution in [2.45, 2.75) is 33.7 Å². The fraction of sp³-hybridized carbons (Fsp3) is 0.350. The van der Waals surface area contributed by atoms with Gasteiger partial charge in [-0.1, -0.05) is 48.8 Å². The maximum atomic E-state index is 13.1. The summed E-state index contributed by atoms with van der Waals surface area (Å²) in [5, 5.41) is 3.44. The van der Waals surface area contributed by atoms with Gasteiger partial charge in [-0.25, -0.2) is 4.98 Å². The third-order valence-corrected chi connectivity index (χ3v) is 6.00. The van der Waals surface area contributed by atoms with Crippen LogP contribution in [0.15, 0.2) is 39.9 Å². The molecule has 2 aromatic heterocycles. The average molecular weight is 448 g/mol. The molecule has 0 bridgehead atoms. The molecule has 0 radical (unpaired) electrons. The first-order chi connectivity index (χ1) is 12.9. The highest BCUT2D eigenvalue weighted by molar-refractivity contribution is 9.10. The maximum Gasteiger partial charge on any atom is 0.263 e. The Hall–Kier alpha value is -1.99. The van der Waals surface area contributed by atoms with E-state index >= 15 is 0 Å². The fourth-order valence-electron chi connectivity index (χ4n) is 2.88. The second-order valence-electron chi connectivity index (χ2n) is 6.82. The van der Waals surface area contributed by atoms with Gasteiger partial charge in [0.05, 0.1) is 11.7 Å². The number of carbonyl (C=O) groups excluding carboxylic acids is 1. The molecule has 1 aromatic carbocycles. The minimum atomic E-state index is -0.178. The molecule has 27 heavy (non-hydrogen) atoms. The molecule has 2 heterocycles. The van der Waals surface area contributed by atoms with E-state index in [2.05, 4.69) is 33.2 Å². The lowest BCUT2D eigenvalue weighted by Crippen LogP contribution is -2.34. The molecule has 0 spiro atoms. The van der Waals surface area contributed by atoms with Crippen LogP contribution in [-0.2, 0) is 17.8 Å². The van der Waals surface area contributed by atoms with Gasteiger partial charge < -0.3 is 5.32 Å². The van der Waals surface area contributed by atoms with Crippen LogP contribution in [0, 0.1) is 5.92 Å². The van der Waals surface area contributed by atoms with Gasteiger partial charge in [-0.15, -0.1) is 11.3 Å². The van der Waals surface area contributed by atoms with E-state index in [4.69, 9.17) is 0 Å². The van der Waals surface area contributed by atoms with Crippen LogP contribution in [0.1, 0.15) is 25.6 Å². The number of carbonyl (C=O) groups is 1. The molecule has 0 atom stereocenters. The topological polar surface area (TPSA) is 64.0 Å². The van der Waals surface area contributed by atoms with Crippen LogP contribution in [0.25, 0.3) is 21.3 Å². The van der Waals surface area contributed by atoms with Crippen molar-refractivity contribution in [3.8, 4) is 11.1 Å². The normalized spacial score (nSPS) is 11.3. The molecule has 3 aromatic rings. The summed E-state index contributed by atoms with van der Waals surface area (Å²) < 4.78 is 2.38. The minimum Gasteiger partial charge on any atom is -0.354 e. The molecule has 3 rings (SSSR count). The predicted molar refractivity (Wildman–Crippen MR) is 114 cm³/mol. The fourth-order valence-corrected chi connectivity index (χ4v) is 4.24. The molecule has 1 amide bonds. The number of hydrogen-bond acceptors (Lipinski definition) is 4. The van der Waals surface area contributed by atoms with Gasteiger partial charge in [0, 0.05) is 21.5 Å². The number of nitrogens with zero attached hydrogens (tertiary/aromatic N) is 2. The lowest BCUT2D eigenvalue weighted by Gasteiger charge is -2.09. The smallest absolute Gasteiger partial charge is 0.263 e. The van der Waals surface area contributed by atoms with Gasteiger partial charge in [0.25, 0.3) is 5.56 Å². The zero-order valence-electron chi connectivity index (χ0n) is 15.6. The Kier molecular flexibility index (Phi) is 6.11. The molecule has 0 unspecified atom stereocenters. The number of aromatic nitrogens is 2. The lowest BCUT2D eigenvalue weighted by atomic mass is 10.0. The summed E-state index contributed by atoms with van der Waals surface area (Å²) in [7, 11) is 0. The Bertz CT molecular complexity index is 1020. The van der Waals surface area contributed by atoms with Crippen molar-refractivity contribution in [1.29, 1.82) is 0 Å². The summed E-state index contributed by atoms with van der Waals surface area (Å²) >= 11 is 4.99. The van der Waals surface area contributed by atoms with Crippen LogP contribution in [0.5, 0.6) is 0 Å². The Balaban J connectivity index is 2.06. The van der Waals surface area contributed by atoms with Crippen LogP contribution in [-0.4, -0.2) is 22.0 Å². The van der Waals surface area contributed by atoms with Crippen molar-refractivity contribution in [3.63, 3.8) is 0 Å². The Labute approximate surface area is 170 Å². The number of hydrogen-bond donors (Lipinski definition) is 1. The largest absolute Gasteiger partial charge is 0.354 e. The highest BCUT2D eigenvalue weighted by Gasteiger charge is 2.19. The summed E-state index contributed by atoms with van der Waals surface area (Å²) in [6.45, 7) is 6.70. The van der Waals surface area contributed by atoms with Gasteiger partial charge in [0.15, 0.2) is 0 Å². The quantitative estimate of drug-likeness (QED) is 0.614. The van der Waals surface area contributed by atoms with E-state index < -0.39 is 0 Å². The van der Waals surface area contributed by atoms with Crippen molar-refractivity contribution in [3.05, 3.63) is 50.3 Å². The molecule has 0 aliphatic heterocycles. The summed E-state index contributed by atoms with van der Waals surface area (Å²) in [5.74, 6) is 0.183. The molecule has 142 valence electrons. The first kappa shape index (κ1) is 19.8. The first-order valence-corrected chi connectivity index (χ1v) is 10.5. The average Bonchev–Trinajstić information content (AvgIpc) is 3.02. The van der Waals surface area contributed by atoms with Gasteiger partial charge in [-0.3, -0.25) is 14.2 Å². The standard InChI is InChI=1S/C20H22BrN3O2S/c1-4-15-17(13-5-7-14(21)8-6-13)18-19(27-15)23-11-24(20(18)26)10-16(25)22-9-12(2)3/h5-8,11-12H,4,9-10H2,1-3H3,(H,22,25). The van der Waals surface area contributed by atoms with E-state index in [9.17, 15) is 9.59 Å². The third-order valence-electron chi connectivity index (χ3n) is 4.23.